The molecule has 0 saturated carbocycles. The van der Waals surface area contributed by atoms with E-state index in [1.54, 1.807) is 6.20 Å². The van der Waals surface area contributed by atoms with E-state index in [-0.39, 0.29) is 0 Å². The van der Waals surface area contributed by atoms with Crippen molar-refractivity contribution in [2.45, 2.75) is 13.5 Å². The lowest BCUT2D eigenvalue weighted by Gasteiger charge is -2.06. The number of hydrogen-bond donors (Lipinski definition) is 2. The van der Waals surface area contributed by atoms with Gasteiger partial charge in [0.25, 0.3) is 0 Å². The number of carbonyl (C=O) groups is 2. The fourth-order valence-corrected chi connectivity index (χ4v) is 2.57. The van der Waals surface area contributed by atoms with Crippen molar-refractivity contribution in [2.75, 3.05) is 0 Å². The molecular formula is C20H17N3O5. The number of carboxylic acids is 2. The first-order valence-corrected chi connectivity index (χ1v) is 8.31. The molecule has 8 nitrogen and oxygen atoms in total. The number of imidazole rings is 1. The second-order valence-electron chi connectivity index (χ2n) is 5.93. The van der Waals surface area contributed by atoms with Gasteiger partial charge in [-0.2, -0.15) is 0 Å². The number of fused-ring (bicyclic) bond motifs is 2. The summed E-state index contributed by atoms with van der Waals surface area (Å²) >= 11 is 0. The molecule has 2 N–H and O–H groups in total. The highest BCUT2D eigenvalue weighted by atomic mass is 16.5. The summed E-state index contributed by atoms with van der Waals surface area (Å²) in [5, 5.41) is 15.9. The minimum atomic E-state index is -1.82. The van der Waals surface area contributed by atoms with Crippen molar-refractivity contribution in [1.29, 1.82) is 0 Å². The molecule has 3 heterocycles. The van der Waals surface area contributed by atoms with Crippen LogP contribution in [0.2, 0.25) is 0 Å². The summed E-state index contributed by atoms with van der Waals surface area (Å²) in [6.07, 6.45) is 5.84. The quantitative estimate of drug-likeness (QED) is 0.526. The maximum Gasteiger partial charge on any atom is 0.414 e. The van der Waals surface area contributed by atoms with Crippen LogP contribution < -0.4 is 4.74 Å². The van der Waals surface area contributed by atoms with Crippen LogP contribution in [0, 0.1) is 6.92 Å². The first-order valence-electron chi connectivity index (χ1n) is 8.31. The monoisotopic (exact) mass is 379 g/mol. The Morgan fingerprint density at radius 3 is 2.54 bits per heavy atom. The molecule has 0 unspecified atom stereocenters. The van der Waals surface area contributed by atoms with Gasteiger partial charge < -0.3 is 19.4 Å². The summed E-state index contributed by atoms with van der Waals surface area (Å²) in [4.78, 5) is 27.2. The number of nitrogens with zero attached hydrogens (tertiary/aromatic N) is 3. The van der Waals surface area contributed by atoms with Crippen LogP contribution >= 0.6 is 0 Å². The van der Waals surface area contributed by atoms with Crippen molar-refractivity contribution in [3.05, 3.63) is 72.3 Å². The molecule has 28 heavy (non-hydrogen) atoms. The third-order valence-corrected chi connectivity index (χ3v) is 3.80. The van der Waals surface area contributed by atoms with Crippen molar-refractivity contribution >= 4 is 28.5 Å². The third kappa shape index (κ3) is 4.42. The van der Waals surface area contributed by atoms with Crippen molar-refractivity contribution in [2.24, 2.45) is 0 Å². The lowest BCUT2D eigenvalue weighted by Crippen LogP contribution is -2.09. The molecule has 0 spiro atoms. The highest BCUT2D eigenvalue weighted by Crippen LogP contribution is 2.23. The number of carboxylic acid groups (broad SMARTS) is 2. The van der Waals surface area contributed by atoms with Gasteiger partial charge in [0.2, 0.25) is 0 Å². The fraction of sp³-hybridized carbons (Fsp3) is 0.100. The van der Waals surface area contributed by atoms with Crippen LogP contribution in [0.5, 0.6) is 5.75 Å². The van der Waals surface area contributed by atoms with Gasteiger partial charge in [0.15, 0.2) is 0 Å². The topological polar surface area (TPSA) is 114 Å². The molecule has 8 heteroatoms. The van der Waals surface area contributed by atoms with Crippen LogP contribution in [0.3, 0.4) is 0 Å². The molecule has 0 atom stereocenters. The van der Waals surface area contributed by atoms with Crippen LogP contribution in [-0.2, 0) is 16.2 Å². The summed E-state index contributed by atoms with van der Waals surface area (Å²) in [5.41, 5.74) is 3.92. The largest absolute Gasteiger partial charge is 0.485 e. The molecule has 0 saturated heterocycles. The summed E-state index contributed by atoms with van der Waals surface area (Å²) in [5.74, 6) is -2.86. The van der Waals surface area contributed by atoms with Crippen molar-refractivity contribution in [3.63, 3.8) is 0 Å². The first kappa shape index (κ1) is 18.8. The normalized spacial score (nSPS) is 10.3. The molecular weight excluding hydrogens is 362 g/mol. The van der Waals surface area contributed by atoms with Gasteiger partial charge in [0.05, 0.1) is 5.69 Å². The summed E-state index contributed by atoms with van der Waals surface area (Å²) < 4.78 is 7.95. The van der Waals surface area contributed by atoms with Crippen molar-refractivity contribution in [1.82, 2.24) is 14.4 Å². The van der Waals surface area contributed by atoms with Gasteiger partial charge in [0.1, 0.15) is 23.5 Å². The van der Waals surface area contributed by atoms with Gasteiger partial charge in [-0.1, -0.05) is 24.3 Å². The van der Waals surface area contributed by atoms with Crippen LogP contribution in [0.25, 0.3) is 16.6 Å². The molecule has 0 bridgehead atoms. The lowest BCUT2D eigenvalue weighted by molar-refractivity contribution is -0.159. The van der Waals surface area contributed by atoms with Crippen LogP contribution in [0.15, 0.2) is 61.1 Å². The summed E-state index contributed by atoms with van der Waals surface area (Å²) in [6.45, 7) is 2.49. The Labute approximate surface area is 159 Å². The van der Waals surface area contributed by atoms with Gasteiger partial charge in [-0.15, -0.1) is 0 Å². The Morgan fingerprint density at radius 1 is 1.04 bits per heavy atom. The highest BCUT2D eigenvalue weighted by molar-refractivity contribution is 6.27. The zero-order chi connectivity index (χ0) is 20.1. The highest BCUT2D eigenvalue weighted by Gasteiger charge is 2.06. The minimum Gasteiger partial charge on any atom is -0.485 e. The van der Waals surface area contributed by atoms with E-state index in [9.17, 15) is 0 Å². The third-order valence-electron chi connectivity index (χ3n) is 3.80. The predicted octanol–water partition coefficient (Wildman–Crippen LogP) is 2.93. The Morgan fingerprint density at radius 2 is 1.79 bits per heavy atom. The Balaban J connectivity index is 0.000000330. The van der Waals surface area contributed by atoms with Crippen molar-refractivity contribution in [3.8, 4) is 5.75 Å². The smallest absolute Gasteiger partial charge is 0.414 e. The average Bonchev–Trinajstić information content (AvgIpc) is 3.08. The molecule has 142 valence electrons. The van der Waals surface area contributed by atoms with Gasteiger partial charge in [0, 0.05) is 24.0 Å². The molecule has 0 radical (unpaired) electrons. The lowest BCUT2D eigenvalue weighted by atomic mass is 10.2. The van der Waals surface area contributed by atoms with Gasteiger partial charge in [-0.25, -0.2) is 14.6 Å². The van der Waals surface area contributed by atoms with Crippen LogP contribution in [0.1, 0.15) is 11.3 Å². The van der Waals surface area contributed by atoms with E-state index in [1.807, 2.05) is 47.0 Å². The Bertz CT molecular complexity index is 1140. The maximum atomic E-state index is 9.10. The van der Waals surface area contributed by atoms with E-state index >= 15 is 0 Å². The molecule has 0 fully saturated rings. The Kier molecular flexibility index (Phi) is 5.50. The second kappa shape index (κ2) is 8.17. The van der Waals surface area contributed by atoms with E-state index in [4.69, 9.17) is 24.5 Å². The second-order valence-corrected chi connectivity index (χ2v) is 5.93. The maximum absolute atomic E-state index is 9.10. The van der Waals surface area contributed by atoms with E-state index in [2.05, 4.69) is 29.2 Å². The summed E-state index contributed by atoms with van der Waals surface area (Å²) in [7, 11) is 0. The van der Waals surface area contributed by atoms with E-state index < -0.39 is 11.9 Å². The number of benzene rings is 1. The number of pyridine rings is 2. The molecule has 0 aliphatic rings. The number of aliphatic carboxylic acids is 2. The average molecular weight is 379 g/mol. The van der Waals surface area contributed by atoms with Gasteiger partial charge in [-0.3, -0.25) is 4.98 Å². The standard InChI is InChI=1S/C18H15N3O.C2H2O4/c1-13-7-8-17-20-15(11-21(17)10-13)12-22-16-6-2-4-14-5-3-9-19-18(14)16;3-1(4)2(5)6/h2-11H,12H2,1H3;(H,3,4)(H,5,6). The number of ether oxygens (including phenoxy) is 1. The molecule has 0 aliphatic heterocycles. The SMILES string of the molecule is Cc1ccc2nc(COc3cccc4cccnc34)cn2c1.O=C(O)C(=O)O. The van der Waals surface area contributed by atoms with E-state index in [0.29, 0.717) is 6.61 Å². The molecule has 3 aromatic heterocycles. The number of rotatable bonds is 3. The fourth-order valence-electron chi connectivity index (χ4n) is 2.57. The Hall–Kier alpha value is -3.94. The number of aromatic nitrogens is 3. The van der Waals surface area contributed by atoms with Gasteiger partial charge in [-0.05, 0) is 30.7 Å². The zero-order valence-electron chi connectivity index (χ0n) is 14.9. The van der Waals surface area contributed by atoms with E-state index in [0.717, 1.165) is 28.0 Å². The summed E-state index contributed by atoms with van der Waals surface area (Å²) in [6, 6.07) is 14.0. The number of hydrogen-bond acceptors (Lipinski definition) is 5. The molecule has 4 aromatic rings. The molecule has 4 rings (SSSR count). The number of para-hydroxylation sites is 1. The first-order chi connectivity index (χ1) is 13.4. The zero-order valence-corrected chi connectivity index (χ0v) is 14.9. The predicted molar refractivity (Wildman–Crippen MR) is 101 cm³/mol. The molecule has 1 aromatic carbocycles. The van der Waals surface area contributed by atoms with Crippen molar-refractivity contribution < 1.29 is 24.5 Å². The minimum absolute atomic E-state index is 0.427. The van der Waals surface area contributed by atoms with Crippen LogP contribution in [-0.4, -0.2) is 36.5 Å². The van der Waals surface area contributed by atoms with Crippen LogP contribution in [0.4, 0.5) is 0 Å². The molecule has 0 amide bonds. The van der Waals surface area contributed by atoms with Gasteiger partial charge >= 0.3 is 11.9 Å². The number of aryl methyl sites for hydroxylation is 1. The van der Waals surface area contributed by atoms with E-state index in [1.165, 1.54) is 5.56 Å². The molecule has 0 aliphatic carbocycles.